The van der Waals surface area contributed by atoms with Gasteiger partial charge in [-0.05, 0) is 17.7 Å². The molecule has 0 bridgehead atoms. The van der Waals surface area contributed by atoms with Gasteiger partial charge in [0.2, 0.25) is 0 Å². The number of benzene rings is 2. The molecule has 0 radical (unpaired) electrons. The largest absolute Gasteiger partial charge is 0.390 e. The van der Waals surface area contributed by atoms with Crippen molar-refractivity contribution in [2.45, 2.75) is 24.1 Å². The molecule has 3 nitrogen and oxygen atoms in total. The summed E-state index contributed by atoms with van der Waals surface area (Å²) in [7, 11) is 0. The molecular weight excluding hydrogens is 347 g/mol. The standard InChI is InChI=1S/C18H16ClFN2OS/c19-16-7-4-8-17(20)15(16)12-24-18-21-9-14(11-23)22(18)10-13-5-2-1-3-6-13/h1-9,23H,10-12H2. The van der Waals surface area contributed by atoms with Crippen molar-refractivity contribution >= 4 is 23.4 Å². The maximum atomic E-state index is 13.9. The van der Waals surface area contributed by atoms with Gasteiger partial charge in [-0.15, -0.1) is 0 Å². The van der Waals surface area contributed by atoms with Gasteiger partial charge in [0.25, 0.3) is 0 Å². The molecule has 0 spiro atoms. The van der Waals surface area contributed by atoms with Gasteiger partial charge in [0, 0.05) is 22.9 Å². The van der Waals surface area contributed by atoms with Crippen molar-refractivity contribution in [1.29, 1.82) is 0 Å². The van der Waals surface area contributed by atoms with Crippen LogP contribution in [0.15, 0.2) is 59.9 Å². The summed E-state index contributed by atoms with van der Waals surface area (Å²) in [4.78, 5) is 4.36. The number of aliphatic hydroxyl groups is 1. The highest BCUT2D eigenvalue weighted by Crippen LogP contribution is 2.29. The summed E-state index contributed by atoms with van der Waals surface area (Å²) in [5.74, 6) is 0.0564. The zero-order valence-electron chi connectivity index (χ0n) is 12.8. The summed E-state index contributed by atoms with van der Waals surface area (Å²) in [5.41, 5.74) is 2.29. The van der Waals surface area contributed by atoms with E-state index in [9.17, 15) is 9.50 Å². The summed E-state index contributed by atoms with van der Waals surface area (Å²) in [6.45, 7) is 0.505. The molecule has 1 N–H and O–H groups in total. The van der Waals surface area contributed by atoms with Crippen molar-refractivity contribution in [3.05, 3.63) is 82.4 Å². The number of rotatable bonds is 6. The molecule has 0 unspecified atom stereocenters. The maximum absolute atomic E-state index is 13.9. The lowest BCUT2D eigenvalue weighted by Crippen LogP contribution is -2.06. The van der Waals surface area contributed by atoms with E-state index in [4.69, 9.17) is 11.6 Å². The van der Waals surface area contributed by atoms with Gasteiger partial charge in [-0.1, -0.05) is 59.8 Å². The third-order valence-corrected chi connectivity index (χ3v) is 5.03. The van der Waals surface area contributed by atoms with Crippen molar-refractivity contribution < 1.29 is 9.50 Å². The van der Waals surface area contributed by atoms with Crippen LogP contribution in [-0.2, 0) is 18.9 Å². The molecule has 6 heteroatoms. The predicted octanol–water partition coefficient (Wildman–Crippen LogP) is 4.51. The van der Waals surface area contributed by atoms with E-state index in [2.05, 4.69) is 4.98 Å². The topological polar surface area (TPSA) is 38.1 Å². The van der Waals surface area contributed by atoms with Crippen LogP contribution in [0, 0.1) is 5.82 Å². The summed E-state index contributed by atoms with van der Waals surface area (Å²) < 4.78 is 15.8. The van der Waals surface area contributed by atoms with Gasteiger partial charge in [0.1, 0.15) is 5.82 Å². The van der Waals surface area contributed by atoms with Crippen molar-refractivity contribution in [3.8, 4) is 0 Å². The van der Waals surface area contributed by atoms with Crippen LogP contribution in [0.2, 0.25) is 5.02 Å². The Balaban J connectivity index is 1.82. The van der Waals surface area contributed by atoms with E-state index in [0.717, 1.165) is 16.4 Å². The fourth-order valence-corrected chi connectivity index (χ4v) is 3.72. The Morgan fingerprint density at radius 2 is 1.92 bits per heavy atom. The zero-order valence-corrected chi connectivity index (χ0v) is 14.4. The Labute approximate surface area is 149 Å². The minimum atomic E-state index is -0.321. The van der Waals surface area contributed by atoms with Gasteiger partial charge in [0.15, 0.2) is 5.16 Å². The van der Waals surface area contributed by atoms with E-state index in [1.807, 2.05) is 34.9 Å². The number of aromatic nitrogens is 2. The second-order valence-corrected chi connectivity index (χ2v) is 6.60. The van der Waals surface area contributed by atoms with Crippen LogP contribution in [0.5, 0.6) is 0 Å². The first-order chi connectivity index (χ1) is 11.7. The molecule has 3 rings (SSSR count). The summed E-state index contributed by atoms with van der Waals surface area (Å²) in [6, 6.07) is 14.6. The molecule has 124 valence electrons. The minimum absolute atomic E-state index is 0.0964. The maximum Gasteiger partial charge on any atom is 0.168 e. The predicted molar refractivity (Wildman–Crippen MR) is 94.7 cm³/mol. The molecule has 2 aromatic carbocycles. The lowest BCUT2D eigenvalue weighted by Gasteiger charge is -2.11. The van der Waals surface area contributed by atoms with E-state index < -0.39 is 0 Å². The van der Waals surface area contributed by atoms with Crippen LogP contribution in [0.25, 0.3) is 0 Å². The van der Waals surface area contributed by atoms with E-state index in [1.54, 1.807) is 18.3 Å². The minimum Gasteiger partial charge on any atom is -0.390 e. The van der Waals surface area contributed by atoms with E-state index in [1.165, 1.54) is 17.8 Å². The van der Waals surface area contributed by atoms with Crippen LogP contribution in [0.3, 0.4) is 0 Å². The van der Waals surface area contributed by atoms with Gasteiger partial charge >= 0.3 is 0 Å². The summed E-state index contributed by atoms with van der Waals surface area (Å²) in [5, 5.41) is 10.7. The van der Waals surface area contributed by atoms with Gasteiger partial charge in [-0.3, -0.25) is 0 Å². The molecule has 0 amide bonds. The fourth-order valence-electron chi connectivity index (χ4n) is 2.38. The second-order valence-electron chi connectivity index (χ2n) is 5.25. The van der Waals surface area contributed by atoms with Crippen LogP contribution >= 0.6 is 23.4 Å². The van der Waals surface area contributed by atoms with Crippen molar-refractivity contribution in [3.63, 3.8) is 0 Å². The molecule has 0 aliphatic carbocycles. The van der Waals surface area contributed by atoms with Crippen molar-refractivity contribution in [1.82, 2.24) is 9.55 Å². The number of hydrogen-bond donors (Lipinski definition) is 1. The van der Waals surface area contributed by atoms with Crippen LogP contribution in [0.1, 0.15) is 16.8 Å². The van der Waals surface area contributed by atoms with Crippen LogP contribution < -0.4 is 0 Å². The smallest absolute Gasteiger partial charge is 0.168 e. The monoisotopic (exact) mass is 362 g/mol. The molecule has 0 saturated heterocycles. The van der Waals surface area contributed by atoms with Gasteiger partial charge in [-0.2, -0.15) is 0 Å². The quantitative estimate of drug-likeness (QED) is 0.656. The fraction of sp³-hybridized carbons (Fsp3) is 0.167. The number of imidazole rings is 1. The number of halogens is 2. The molecule has 0 saturated carbocycles. The molecule has 3 aromatic rings. The first kappa shape index (κ1) is 17.0. The zero-order chi connectivity index (χ0) is 16.9. The van der Waals surface area contributed by atoms with Gasteiger partial charge in [-0.25, -0.2) is 9.37 Å². The molecule has 0 aliphatic rings. The Morgan fingerprint density at radius 3 is 2.62 bits per heavy atom. The molecular formula is C18H16ClFN2OS. The number of aliphatic hydroxyl groups excluding tert-OH is 1. The number of thioether (sulfide) groups is 1. The van der Waals surface area contributed by atoms with E-state index in [0.29, 0.717) is 22.9 Å². The Morgan fingerprint density at radius 1 is 1.12 bits per heavy atom. The van der Waals surface area contributed by atoms with Crippen molar-refractivity contribution in [2.75, 3.05) is 0 Å². The third kappa shape index (κ3) is 3.80. The third-order valence-electron chi connectivity index (χ3n) is 3.65. The molecule has 24 heavy (non-hydrogen) atoms. The van der Waals surface area contributed by atoms with Gasteiger partial charge < -0.3 is 9.67 Å². The Bertz CT molecular complexity index is 803. The first-order valence-corrected chi connectivity index (χ1v) is 8.80. The Kier molecular flexibility index (Phi) is 5.56. The molecule has 1 aromatic heterocycles. The molecule has 0 atom stereocenters. The highest BCUT2D eigenvalue weighted by atomic mass is 35.5. The average molecular weight is 363 g/mol. The van der Waals surface area contributed by atoms with Crippen LogP contribution in [-0.4, -0.2) is 14.7 Å². The first-order valence-electron chi connectivity index (χ1n) is 7.44. The SMILES string of the molecule is OCc1cnc(SCc2c(F)cccc2Cl)n1Cc1ccccc1. The Hall–Kier alpha value is -1.82. The van der Waals surface area contributed by atoms with Crippen LogP contribution in [0.4, 0.5) is 4.39 Å². The highest BCUT2D eigenvalue weighted by molar-refractivity contribution is 7.98. The summed E-state index contributed by atoms with van der Waals surface area (Å²) >= 11 is 7.48. The second kappa shape index (κ2) is 7.83. The number of nitrogens with zero attached hydrogens (tertiary/aromatic N) is 2. The molecule has 1 heterocycles. The lowest BCUT2D eigenvalue weighted by molar-refractivity contribution is 0.270. The van der Waals surface area contributed by atoms with Crippen molar-refractivity contribution in [2.24, 2.45) is 0 Å². The highest BCUT2D eigenvalue weighted by Gasteiger charge is 2.13. The summed E-state index contributed by atoms with van der Waals surface area (Å²) in [6.07, 6.45) is 1.65. The number of hydrogen-bond acceptors (Lipinski definition) is 3. The molecule has 0 aliphatic heterocycles. The molecule has 0 fully saturated rings. The van der Waals surface area contributed by atoms with E-state index >= 15 is 0 Å². The average Bonchev–Trinajstić information content (AvgIpc) is 2.97. The van der Waals surface area contributed by atoms with E-state index in [-0.39, 0.29) is 12.4 Å². The normalized spacial score (nSPS) is 11.0. The van der Waals surface area contributed by atoms with Gasteiger partial charge in [0.05, 0.1) is 18.5 Å². The lowest BCUT2D eigenvalue weighted by atomic mass is 10.2.